The maximum atomic E-state index is 13.5. The van der Waals surface area contributed by atoms with Crippen molar-refractivity contribution < 1.29 is 47.5 Å². The molecule has 0 amide bonds. The number of nitrogens with zero attached hydrogens (tertiary/aromatic N) is 2. The van der Waals surface area contributed by atoms with Crippen LogP contribution in [0, 0.1) is 0 Å². The van der Waals surface area contributed by atoms with E-state index in [0.29, 0.717) is 70.5 Å². The number of nitrogens with two attached hydrogens (primary N) is 1. The van der Waals surface area contributed by atoms with E-state index in [-0.39, 0.29) is 44.7 Å². The summed E-state index contributed by atoms with van der Waals surface area (Å²) in [5.41, 5.74) is 6.36. The van der Waals surface area contributed by atoms with Gasteiger partial charge in [-0.2, -0.15) is 0 Å². The van der Waals surface area contributed by atoms with Crippen molar-refractivity contribution in [2.75, 3.05) is 80.4 Å². The zero-order valence-corrected chi connectivity index (χ0v) is 33.4. The van der Waals surface area contributed by atoms with Crippen molar-refractivity contribution in [3.8, 4) is 11.5 Å². The highest BCUT2D eigenvalue weighted by Crippen LogP contribution is 2.25. The quantitative estimate of drug-likeness (QED) is 0.0731. The second kappa shape index (κ2) is 24.9. The van der Waals surface area contributed by atoms with Gasteiger partial charge in [-0.15, -0.1) is 0 Å². The summed E-state index contributed by atoms with van der Waals surface area (Å²) in [4.78, 5) is 31.0. The van der Waals surface area contributed by atoms with E-state index >= 15 is 0 Å². The van der Waals surface area contributed by atoms with Gasteiger partial charge in [0, 0.05) is 51.0 Å². The second-order valence-electron chi connectivity index (χ2n) is 14.7. The SMILES string of the molecule is COCCOCOc1ccccc1CN(CC(=O)OC(C)(C)C)CC(CCCCN)N(CC(=O)OC(C)(C)C)Cc1ccccc1OCOCCOC. The Balaban J connectivity index is 2.50. The van der Waals surface area contributed by atoms with Crippen LogP contribution in [-0.4, -0.2) is 119 Å². The molecule has 53 heavy (non-hydrogen) atoms. The molecular weight excluding hydrogens is 682 g/mol. The number of hydrogen-bond donors (Lipinski definition) is 1. The van der Waals surface area contributed by atoms with Crippen molar-refractivity contribution >= 4 is 11.9 Å². The van der Waals surface area contributed by atoms with Gasteiger partial charge in [-0.25, -0.2) is 0 Å². The summed E-state index contributed by atoms with van der Waals surface area (Å²) >= 11 is 0. The molecule has 0 aromatic heterocycles. The number of para-hydroxylation sites is 2. The highest BCUT2D eigenvalue weighted by Gasteiger charge is 2.29. The minimum Gasteiger partial charge on any atom is -0.467 e. The smallest absolute Gasteiger partial charge is 0.320 e. The number of carbonyl (C=O) groups is 2. The minimum atomic E-state index is -0.669. The molecule has 2 aromatic carbocycles. The Labute approximate surface area is 317 Å². The molecule has 0 aliphatic carbocycles. The number of benzene rings is 2. The Bertz CT molecular complexity index is 1310. The molecule has 2 rings (SSSR count). The predicted molar refractivity (Wildman–Crippen MR) is 204 cm³/mol. The van der Waals surface area contributed by atoms with Crippen LogP contribution in [-0.2, 0) is 51.1 Å². The van der Waals surface area contributed by atoms with Gasteiger partial charge in [-0.3, -0.25) is 19.4 Å². The van der Waals surface area contributed by atoms with E-state index in [1.54, 1.807) is 14.2 Å². The van der Waals surface area contributed by atoms with Crippen LogP contribution in [0.2, 0.25) is 0 Å². The fourth-order valence-corrected chi connectivity index (χ4v) is 5.43. The highest BCUT2D eigenvalue weighted by atomic mass is 16.7. The third-order valence-corrected chi connectivity index (χ3v) is 7.67. The van der Waals surface area contributed by atoms with Gasteiger partial charge >= 0.3 is 11.9 Å². The Morgan fingerprint density at radius 2 is 1.17 bits per heavy atom. The molecule has 0 saturated carbocycles. The molecule has 2 N–H and O–H groups in total. The molecular formula is C40H65N3O10. The monoisotopic (exact) mass is 747 g/mol. The van der Waals surface area contributed by atoms with E-state index in [2.05, 4.69) is 4.90 Å². The van der Waals surface area contributed by atoms with Gasteiger partial charge in [-0.1, -0.05) is 42.8 Å². The lowest BCUT2D eigenvalue weighted by molar-refractivity contribution is -0.159. The van der Waals surface area contributed by atoms with Crippen LogP contribution in [0.5, 0.6) is 11.5 Å². The fourth-order valence-electron chi connectivity index (χ4n) is 5.43. The van der Waals surface area contributed by atoms with Crippen LogP contribution in [0.1, 0.15) is 71.9 Å². The number of esters is 2. The average molecular weight is 748 g/mol. The topological polar surface area (TPSA) is 140 Å². The first-order chi connectivity index (χ1) is 25.2. The molecule has 0 aliphatic heterocycles. The van der Waals surface area contributed by atoms with E-state index in [1.807, 2.05) is 95.0 Å². The first kappa shape index (κ1) is 45.9. The number of hydrogen-bond acceptors (Lipinski definition) is 13. The molecule has 0 saturated heterocycles. The molecule has 1 unspecified atom stereocenters. The highest BCUT2D eigenvalue weighted by molar-refractivity contribution is 5.72. The molecule has 13 heteroatoms. The molecule has 0 aliphatic rings. The van der Waals surface area contributed by atoms with Crippen molar-refractivity contribution in [1.29, 1.82) is 0 Å². The van der Waals surface area contributed by atoms with Crippen LogP contribution < -0.4 is 15.2 Å². The van der Waals surface area contributed by atoms with Crippen molar-refractivity contribution in [3.63, 3.8) is 0 Å². The summed E-state index contributed by atoms with van der Waals surface area (Å²) in [6.07, 6.45) is 2.33. The lowest BCUT2D eigenvalue weighted by Gasteiger charge is -2.36. The van der Waals surface area contributed by atoms with E-state index in [9.17, 15) is 9.59 Å². The molecule has 0 radical (unpaired) electrons. The molecule has 1 atom stereocenters. The molecule has 0 bridgehead atoms. The van der Waals surface area contributed by atoms with E-state index in [1.165, 1.54) is 0 Å². The first-order valence-corrected chi connectivity index (χ1v) is 18.4. The third kappa shape index (κ3) is 20.7. The van der Waals surface area contributed by atoms with Crippen molar-refractivity contribution in [3.05, 3.63) is 59.7 Å². The van der Waals surface area contributed by atoms with Crippen molar-refractivity contribution in [2.45, 2.75) is 91.1 Å². The predicted octanol–water partition coefficient (Wildman–Crippen LogP) is 5.17. The van der Waals surface area contributed by atoms with Crippen LogP contribution in [0.15, 0.2) is 48.5 Å². The third-order valence-electron chi connectivity index (χ3n) is 7.67. The lowest BCUT2D eigenvalue weighted by Crippen LogP contribution is -2.48. The first-order valence-electron chi connectivity index (χ1n) is 18.4. The summed E-state index contributed by atoms with van der Waals surface area (Å²) in [6.45, 7) is 14.7. The van der Waals surface area contributed by atoms with E-state index in [4.69, 9.17) is 43.6 Å². The van der Waals surface area contributed by atoms with Crippen molar-refractivity contribution in [2.24, 2.45) is 5.73 Å². The Kier molecular flexibility index (Phi) is 21.5. The number of unbranched alkanes of at least 4 members (excludes halogenated alkanes) is 1. The molecule has 13 nitrogen and oxygen atoms in total. The van der Waals surface area contributed by atoms with E-state index in [0.717, 1.165) is 24.0 Å². The second-order valence-corrected chi connectivity index (χ2v) is 14.7. The van der Waals surface area contributed by atoms with Gasteiger partial charge in [0.15, 0.2) is 13.6 Å². The molecule has 2 aromatic rings. The Hall–Kier alpha value is -3.30. The van der Waals surface area contributed by atoms with Crippen molar-refractivity contribution in [1.82, 2.24) is 9.80 Å². The number of ether oxygens (including phenoxy) is 8. The molecule has 0 heterocycles. The lowest BCUT2D eigenvalue weighted by atomic mass is 10.0. The fraction of sp³-hybridized carbons (Fsp3) is 0.650. The zero-order valence-electron chi connectivity index (χ0n) is 33.4. The summed E-state index contributed by atoms with van der Waals surface area (Å²) in [5.74, 6) is 0.575. The summed E-state index contributed by atoms with van der Waals surface area (Å²) in [7, 11) is 3.23. The maximum absolute atomic E-state index is 13.5. The summed E-state index contributed by atoms with van der Waals surface area (Å²) in [5, 5.41) is 0. The number of carbonyl (C=O) groups excluding carboxylic acids is 2. The van der Waals surface area contributed by atoms with Gasteiger partial charge in [-0.05, 0) is 73.1 Å². The maximum Gasteiger partial charge on any atom is 0.320 e. The van der Waals surface area contributed by atoms with Gasteiger partial charge in [0.25, 0.3) is 0 Å². The molecule has 300 valence electrons. The van der Waals surface area contributed by atoms with Crippen LogP contribution in [0.3, 0.4) is 0 Å². The summed E-state index contributed by atoms with van der Waals surface area (Å²) < 4.78 is 44.9. The van der Waals surface area contributed by atoms with Gasteiger partial charge in [0.05, 0.1) is 39.5 Å². The van der Waals surface area contributed by atoms with Gasteiger partial charge in [0.2, 0.25) is 0 Å². The average Bonchev–Trinajstić information content (AvgIpc) is 3.07. The van der Waals surface area contributed by atoms with Crippen LogP contribution in [0.25, 0.3) is 0 Å². The normalized spacial score (nSPS) is 12.6. The Morgan fingerprint density at radius 3 is 1.66 bits per heavy atom. The molecule has 0 spiro atoms. The number of methoxy groups -OCH3 is 2. The van der Waals surface area contributed by atoms with Crippen LogP contribution in [0.4, 0.5) is 0 Å². The number of rotatable bonds is 27. The standard InChI is InChI=1S/C40H65N3O10/c1-39(2,3)52-37(44)28-42(25-32-15-9-11-18-35(32)50-30-48-23-21-46-7)27-34(17-13-14-20-41)43(29-38(45)53-40(4,5)6)26-33-16-10-12-19-36(33)51-31-49-24-22-47-8/h9-12,15-16,18-19,34H,13-14,17,20-31,41H2,1-8H3. The van der Waals surface area contributed by atoms with Gasteiger partial charge in [0.1, 0.15) is 22.7 Å². The molecule has 0 fully saturated rings. The minimum absolute atomic E-state index is 0.0159. The largest absolute Gasteiger partial charge is 0.467 e. The van der Waals surface area contributed by atoms with Gasteiger partial charge < -0.3 is 43.6 Å². The Morgan fingerprint density at radius 1 is 0.679 bits per heavy atom. The zero-order chi connectivity index (χ0) is 39.1. The summed E-state index contributed by atoms with van der Waals surface area (Å²) in [6, 6.07) is 15.2. The van der Waals surface area contributed by atoms with Crippen LogP contribution >= 0.6 is 0 Å². The van der Waals surface area contributed by atoms with E-state index < -0.39 is 11.2 Å².